The third kappa shape index (κ3) is 4.24. The zero-order valence-electron chi connectivity index (χ0n) is 17.6. The quantitative estimate of drug-likeness (QED) is 0.686. The van der Waals surface area contributed by atoms with Gasteiger partial charge in [0.2, 0.25) is 5.91 Å². The number of ketones is 1. The van der Waals surface area contributed by atoms with Crippen LogP contribution in [0.5, 0.6) is 0 Å². The number of Topliss-reactive ketones (excluding diaryl/α,β-unsaturated/α-hetero) is 1. The average molecular weight is 415 g/mol. The van der Waals surface area contributed by atoms with Crippen molar-refractivity contribution in [2.45, 2.75) is 40.7 Å². The zero-order valence-corrected chi connectivity index (χ0v) is 18.4. The first kappa shape index (κ1) is 22.7. The number of methoxy groups -OCH3 is 1. The van der Waals surface area contributed by atoms with E-state index in [9.17, 15) is 20.1 Å². The van der Waals surface area contributed by atoms with Gasteiger partial charge in [-0.05, 0) is 26.8 Å². The van der Waals surface area contributed by atoms with E-state index in [-0.39, 0.29) is 17.6 Å². The number of amides is 1. The molecular weight excluding hydrogens is 388 g/mol. The fourth-order valence-electron chi connectivity index (χ4n) is 3.80. The van der Waals surface area contributed by atoms with Crippen molar-refractivity contribution < 1.29 is 14.3 Å². The van der Waals surface area contributed by atoms with Crippen molar-refractivity contribution >= 4 is 23.5 Å². The SMILES string of the molecule is COC[C@H](C)n1c(C)cc(C(=O)CSC2=C(C#N)C(C)(C)[C@H](C#N)C(=O)N2)c1C. The molecule has 0 saturated heterocycles. The second-order valence-electron chi connectivity index (χ2n) is 7.76. The summed E-state index contributed by atoms with van der Waals surface area (Å²) in [6, 6.07) is 6.04. The second kappa shape index (κ2) is 8.86. The number of nitrogens with one attached hydrogen (secondary N) is 1. The largest absolute Gasteiger partial charge is 0.383 e. The summed E-state index contributed by atoms with van der Waals surface area (Å²) >= 11 is 1.13. The van der Waals surface area contributed by atoms with Gasteiger partial charge in [-0.2, -0.15) is 10.5 Å². The number of aryl methyl sites for hydroxylation is 1. The smallest absolute Gasteiger partial charge is 0.243 e. The van der Waals surface area contributed by atoms with Crippen molar-refractivity contribution in [3.8, 4) is 12.1 Å². The topological polar surface area (TPSA) is 108 Å². The Balaban J connectivity index is 2.26. The molecule has 8 heteroatoms. The van der Waals surface area contributed by atoms with E-state index >= 15 is 0 Å². The molecule has 0 saturated carbocycles. The van der Waals surface area contributed by atoms with Crippen molar-refractivity contribution in [1.29, 1.82) is 10.5 Å². The number of hydrogen-bond acceptors (Lipinski definition) is 6. The average Bonchev–Trinajstić information content (AvgIpc) is 2.93. The lowest BCUT2D eigenvalue weighted by Crippen LogP contribution is -2.44. The van der Waals surface area contributed by atoms with Crippen LogP contribution < -0.4 is 5.32 Å². The van der Waals surface area contributed by atoms with E-state index < -0.39 is 17.2 Å². The van der Waals surface area contributed by atoms with Crippen LogP contribution >= 0.6 is 11.8 Å². The summed E-state index contributed by atoms with van der Waals surface area (Å²) in [6.07, 6.45) is 0. The summed E-state index contributed by atoms with van der Waals surface area (Å²) in [5, 5.41) is 21.9. The van der Waals surface area contributed by atoms with Crippen LogP contribution in [0.15, 0.2) is 16.7 Å². The molecular formula is C21H26N4O3S. The molecule has 0 unspecified atom stereocenters. The molecule has 1 aliphatic rings. The number of ether oxygens (including phenoxy) is 1. The molecule has 0 fully saturated rings. The highest BCUT2D eigenvalue weighted by atomic mass is 32.2. The van der Waals surface area contributed by atoms with Gasteiger partial charge in [-0.15, -0.1) is 0 Å². The molecule has 7 nitrogen and oxygen atoms in total. The monoisotopic (exact) mass is 414 g/mol. The Morgan fingerprint density at radius 3 is 2.62 bits per heavy atom. The number of allylic oxidation sites excluding steroid dienone is 1. The van der Waals surface area contributed by atoms with Gasteiger partial charge in [0.05, 0.1) is 41.1 Å². The maximum absolute atomic E-state index is 12.9. The third-order valence-electron chi connectivity index (χ3n) is 5.31. The number of nitriles is 2. The molecule has 0 spiro atoms. The molecule has 2 atom stereocenters. The van der Waals surface area contributed by atoms with E-state index in [1.165, 1.54) is 0 Å². The van der Waals surface area contributed by atoms with Crippen LogP contribution in [0.25, 0.3) is 0 Å². The predicted octanol–water partition coefficient (Wildman–Crippen LogP) is 3.26. The lowest BCUT2D eigenvalue weighted by molar-refractivity contribution is -0.125. The van der Waals surface area contributed by atoms with Crippen molar-refractivity contribution in [2.24, 2.45) is 11.3 Å². The van der Waals surface area contributed by atoms with E-state index in [0.29, 0.717) is 22.8 Å². The van der Waals surface area contributed by atoms with Gasteiger partial charge < -0.3 is 14.6 Å². The second-order valence-corrected chi connectivity index (χ2v) is 8.75. The number of carbonyl (C=O) groups excluding carboxylic acids is 2. The Kier molecular flexibility index (Phi) is 6.94. The molecule has 29 heavy (non-hydrogen) atoms. The van der Waals surface area contributed by atoms with E-state index in [4.69, 9.17) is 4.74 Å². The van der Waals surface area contributed by atoms with Crippen molar-refractivity contribution in [1.82, 2.24) is 9.88 Å². The standard InChI is InChI=1S/C21H26N4O3S/c1-12-7-15(14(3)25(12)13(2)10-28-6)18(26)11-29-20-17(9-23)21(4,5)16(8-22)19(27)24-20/h7,13,16H,10-11H2,1-6H3,(H,24,27)/t13-,16+/m0/s1. The molecule has 1 aliphatic heterocycles. The molecule has 1 N–H and O–H groups in total. The maximum atomic E-state index is 12.9. The number of rotatable bonds is 7. The van der Waals surface area contributed by atoms with Crippen LogP contribution in [-0.2, 0) is 9.53 Å². The molecule has 1 aromatic heterocycles. The minimum atomic E-state index is -0.946. The maximum Gasteiger partial charge on any atom is 0.243 e. The van der Waals surface area contributed by atoms with Crippen LogP contribution in [0.3, 0.4) is 0 Å². The van der Waals surface area contributed by atoms with Gasteiger partial charge in [0.1, 0.15) is 5.92 Å². The minimum Gasteiger partial charge on any atom is -0.383 e. The molecule has 0 aromatic carbocycles. The Hall–Kier alpha value is -2.55. The van der Waals surface area contributed by atoms with Gasteiger partial charge in [-0.3, -0.25) is 9.59 Å². The highest BCUT2D eigenvalue weighted by Gasteiger charge is 2.44. The summed E-state index contributed by atoms with van der Waals surface area (Å²) < 4.78 is 7.30. The van der Waals surface area contributed by atoms with Gasteiger partial charge in [0, 0.05) is 29.5 Å². The number of carbonyl (C=O) groups is 2. The molecule has 0 aliphatic carbocycles. The van der Waals surface area contributed by atoms with Gasteiger partial charge >= 0.3 is 0 Å². The molecule has 0 radical (unpaired) electrons. The molecule has 1 amide bonds. The fraction of sp³-hybridized carbons (Fsp3) is 0.524. The summed E-state index contributed by atoms with van der Waals surface area (Å²) in [4.78, 5) is 25.2. The first-order chi connectivity index (χ1) is 13.6. The highest BCUT2D eigenvalue weighted by Crippen LogP contribution is 2.42. The molecule has 0 bridgehead atoms. The van der Waals surface area contributed by atoms with E-state index in [1.54, 1.807) is 21.0 Å². The Morgan fingerprint density at radius 2 is 2.07 bits per heavy atom. The summed E-state index contributed by atoms with van der Waals surface area (Å²) in [6.45, 7) is 9.82. The number of hydrogen-bond donors (Lipinski definition) is 1. The zero-order chi connectivity index (χ0) is 21.9. The van der Waals surface area contributed by atoms with Crippen molar-refractivity contribution in [3.05, 3.63) is 33.6 Å². The van der Waals surface area contributed by atoms with Crippen LogP contribution in [-0.4, -0.2) is 35.7 Å². The number of thioether (sulfide) groups is 1. The van der Waals surface area contributed by atoms with Crippen LogP contribution in [0.4, 0.5) is 0 Å². The van der Waals surface area contributed by atoms with E-state index in [2.05, 4.69) is 16.0 Å². The minimum absolute atomic E-state index is 0.0804. The lowest BCUT2D eigenvalue weighted by Gasteiger charge is -2.34. The summed E-state index contributed by atoms with van der Waals surface area (Å²) in [7, 11) is 1.64. The Labute approximate surface area is 175 Å². The van der Waals surface area contributed by atoms with Gasteiger partial charge in [0.15, 0.2) is 5.78 Å². The first-order valence-electron chi connectivity index (χ1n) is 9.28. The van der Waals surface area contributed by atoms with Crippen molar-refractivity contribution in [3.63, 3.8) is 0 Å². The Morgan fingerprint density at radius 1 is 1.41 bits per heavy atom. The molecule has 1 aromatic rings. The highest BCUT2D eigenvalue weighted by molar-refractivity contribution is 8.03. The van der Waals surface area contributed by atoms with E-state index in [1.807, 2.05) is 32.9 Å². The van der Waals surface area contributed by atoms with Crippen LogP contribution in [0, 0.1) is 47.8 Å². The van der Waals surface area contributed by atoms with Crippen LogP contribution in [0.2, 0.25) is 0 Å². The van der Waals surface area contributed by atoms with E-state index in [0.717, 1.165) is 23.1 Å². The van der Waals surface area contributed by atoms with Gasteiger partial charge in [0.25, 0.3) is 0 Å². The number of aromatic nitrogens is 1. The number of nitrogens with zero attached hydrogens (tertiary/aromatic N) is 3. The molecule has 2 rings (SSSR count). The predicted molar refractivity (Wildman–Crippen MR) is 111 cm³/mol. The fourth-order valence-corrected chi connectivity index (χ4v) is 4.86. The summed E-state index contributed by atoms with van der Waals surface area (Å²) in [5.74, 6) is -1.40. The van der Waals surface area contributed by atoms with Gasteiger partial charge in [-0.25, -0.2) is 0 Å². The van der Waals surface area contributed by atoms with Crippen LogP contribution in [0.1, 0.15) is 48.6 Å². The lowest BCUT2D eigenvalue weighted by atomic mass is 9.72. The third-order valence-corrected chi connectivity index (χ3v) is 6.32. The first-order valence-corrected chi connectivity index (χ1v) is 10.3. The molecule has 2 heterocycles. The van der Waals surface area contributed by atoms with Crippen molar-refractivity contribution in [2.75, 3.05) is 19.5 Å². The Bertz CT molecular complexity index is 946. The normalized spacial score (nSPS) is 19.3. The van der Waals surface area contributed by atoms with Gasteiger partial charge in [-0.1, -0.05) is 25.6 Å². The molecule has 154 valence electrons. The summed E-state index contributed by atoms with van der Waals surface area (Å²) in [5.41, 5.74) is 1.86.